The number of benzene rings is 1. The van der Waals surface area contributed by atoms with Gasteiger partial charge in [0.2, 0.25) is 0 Å². The Kier molecular flexibility index (Phi) is 6.86. The predicted molar refractivity (Wildman–Crippen MR) is 69.9 cm³/mol. The molecule has 0 aliphatic heterocycles. The topological polar surface area (TPSA) is 30.5 Å². The predicted octanol–water partition coefficient (Wildman–Crippen LogP) is 2.62. The first-order chi connectivity index (χ1) is 8.67. The van der Waals surface area contributed by atoms with Gasteiger partial charge in [-0.25, -0.2) is 4.39 Å². The molecule has 1 N–H and O–H groups in total. The first-order valence-electron chi connectivity index (χ1n) is 6.36. The van der Waals surface area contributed by atoms with Gasteiger partial charge in [-0.1, -0.05) is 12.1 Å². The van der Waals surface area contributed by atoms with Crippen molar-refractivity contribution in [2.24, 2.45) is 0 Å². The highest BCUT2D eigenvalue weighted by atomic mass is 19.1. The minimum atomic E-state index is -0.240. The smallest absolute Gasteiger partial charge is 0.169 e. The van der Waals surface area contributed by atoms with Crippen LogP contribution in [0.2, 0.25) is 0 Å². The summed E-state index contributed by atoms with van der Waals surface area (Å²) in [6.07, 6.45) is -0.240. The van der Waals surface area contributed by atoms with Gasteiger partial charge >= 0.3 is 0 Å². The molecule has 1 rings (SSSR count). The van der Waals surface area contributed by atoms with E-state index in [1.54, 1.807) is 19.1 Å². The van der Waals surface area contributed by atoms with Crippen molar-refractivity contribution in [3.63, 3.8) is 0 Å². The third-order valence-corrected chi connectivity index (χ3v) is 2.58. The molecule has 1 aromatic rings. The second-order valence-electron chi connectivity index (χ2n) is 4.05. The van der Waals surface area contributed by atoms with Crippen LogP contribution in [0.1, 0.15) is 25.0 Å². The van der Waals surface area contributed by atoms with Crippen LogP contribution < -0.4 is 5.32 Å². The minimum Gasteiger partial charge on any atom is -0.352 e. The maximum atomic E-state index is 13.3. The van der Waals surface area contributed by atoms with Crippen molar-refractivity contribution in [3.05, 3.63) is 35.1 Å². The summed E-state index contributed by atoms with van der Waals surface area (Å²) in [5, 5.41) is 3.20. The molecular weight excluding hydrogens is 233 g/mol. The Hall–Kier alpha value is -0.970. The van der Waals surface area contributed by atoms with Crippen molar-refractivity contribution < 1.29 is 13.9 Å². The lowest BCUT2D eigenvalue weighted by Crippen LogP contribution is -2.31. The van der Waals surface area contributed by atoms with E-state index in [1.807, 2.05) is 19.9 Å². The summed E-state index contributed by atoms with van der Waals surface area (Å²) in [6, 6.07) is 5.26. The first kappa shape index (κ1) is 15.1. The zero-order valence-corrected chi connectivity index (χ0v) is 11.3. The van der Waals surface area contributed by atoms with Crippen LogP contribution >= 0.6 is 0 Å². The lowest BCUT2D eigenvalue weighted by Gasteiger charge is -2.17. The van der Waals surface area contributed by atoms with Crippen molar-refractivity contribution in [1.29, 1.82) is 0 Å². The molecule has 0 atom stereocenters. The Bertz CT molecular complexity index is 352. The highest BCUT2D eigenvalue weighted by Crippen LogP contribution is 2.08. The van der Waals surface area contributed by atoms with Gasteiger partial charge in [0.15, 0.2) is 6.29 Å². The fraction of sp³-hybridized carbons (Fsp3) is 0.571. The lowest BCUT2D eigenvalue weighted by molar-refractivity contribution is -0.133. The zero-order chi connectivity index (χ0) is 13.4. The van der Waals surface area contributed by atoms with Crippen LogP contribution in [-0.4, -0.2) is 26.0 Å². The summed E-state index contributed by atoms with van der Waals surface area (Å²) in [5.41, 5.74) is 1.59. The van der Waals surface area contributed by atoms with Gasteiger partial charge in [0.1, 0.15) is 5.82 Å². The fourth-order valence-electron chi connectivity index (χ4n) is 1.62. The summed E-state index contributed by atoms with van der Waals surface area (Å²) in [7, 11) is 0. The van der Waals surface area contributed by atoms with Crippen molar-refractivity contribution >= 4 is 0 Å². The van der Waals surface area contributed by atoms with E-state index >= 15 is 0 Å². The molecule has 0 amide bonds. The molecule has 0 radical (unpaired) electrons. The molecule has 0 aliphatic carbocycles. The summed E-state index contributed by atoms with van der Waals surface area (Å²) in [5.74, 6) is -0.166. The van der Waals surface area contributed by atoms with Crippen LogP contribution in [0.4, 0.5) is 4.39 Å². The summed E-state index contributed by atoms with van der Waals surface area (Å²) in [4.78, 5) is 0. The highest BCUT2D eigenvalue weighted by molar-refractivity contribution is 5.23. The van der Waals surface area contributed by atoms with Gasteiger partial charge in [-0.15, -0.1) is 0 Å². The fourth-order valence-corrected chi connectivity index (χ4v) is 1.62. The van der Waals surface area contributed by atoms with E-state index in [4.69, 9.17) is 9.47 Å². The Morgan fingerprint density at radius 3 is 2.44 bits per heavy atom. The van der Waals surface area contributed by atoms with Gasteiger partial charge in [-0.2, -0.15) is 0 Å². The number of aryl methyl sites for hydroxylation is 1. The van der Waals surface area contributed by atoms with E-state index in [-0.39, 0.29) is 12.1 Å². The van der Waals surface area contributed by atoms with E-state index < -0.39 is 0 Å². The van der Waals surface area contributed by atoms with Gasteiger partial charge < -0.3 is 14.8 Å². The van der Waals surface area contributed by atoms with Crippen molar-refractivity contribution in [2.45, 2.75) is 33.6 Å². The van der Waals surface area contributed by atoms with E-state index in [2.05, 4.69) is 5.32 Å². The zero-order valence-electron chi connectivity index (χ0n) is 11.3. The van der Waals surface area contributed by atoms with E-state index in [1.165, 1.54) is 0 Å². The van der Waals surface area contributed by atoms with Gasteiger partial charge in [0.05, 0.1) is 0 Å². The Morgan fingerprint density at radius 1 is 1.22 bits per heavy atom. The third-order valence-electron chi connectivity index (χ3n) is 2.58. The molecule has 0 fully saturated rings. The first-order valence-corrected chi connectivity index (χ1v) is 6.36. The van der Waals surface area contributed by atoms with Crippen LogP contribution in [0.3, 0.4) is 0 Å². The molecule has 102 valence electrons. The Balaban J connectivity index is 2.37. The number of ether oxygens (including phenoxy) is 2. The Labute approximate surface area is 108 Å². The molecule has 0 heterocycles. The molecule has 0 aliphatic rings. The molecule has 0 bridgehead atoms. The monoisotopic (exact) mass is 255 g/mol. The third kappa shape index (κ3) is 5.12. The standard InChI is InChI=1S/C14H22FNO2/c1-4-17-14(18-5-2)10-16-9-12-7-6-11(3)13(15)8-12/h6-8,14,16H,4-5,9-10H2,1-3H3. The van der Waals surface area contributed by atoms with Crippen LogP contribution in [0.25, 0.3) is 0 Å². The molecule has 1 aromatic carbocycles. The molecule has 3 nitrogen and oxygen atoms in total. The molecule has 0 aromatic heterocycles. The number of hydrogen-bond acceptors (Lipinski definition) is 3. The normalized spacial score (nSPS) is 11.2. The number of nitrogens with one attached hydrogen (secondary N) is 1. The van der Waals surface area contributed by atoms with Crippen LogP contribution in [0.15, 0.2) is 18.2 Å². The van der Waals surface area contributed by atoms with Crippen molar-refractivity contribution in [2.75, 3.05) is 19.8 Å². The molecular formula is C14H22FNO2. The largest absolute Gasteiger partial charge is 0.352 e. The number of hydrogen-bond donors (Lipinski definition) is 1. The molecule has 0 saturated heterocycles. The second-order valence-corrected chi connectivity index (χ2v) is 4.05. The number of halogens is 1. The van der Waals surface area contributed by atoms with Gasteiger partial charge in [-0.3, -0.25) is 0 Å². The molecule has 0 spiro atoms. The van der Waals surface area contributed by atoms with Gasteiger partial charge in [-0.05, 0) is 38.0 Å². The average Bonchev–Trinajstić information content (AvgIpc) is 2.34. The Morgan fingerprint density at radius 2 is 1.89 bits per heavy atom. The summed E-state index contributed by atoms with van der Waals surface area (Å²) >= 11 is 0. The molecule has 0 unspecified atom stereocenters. The van der Waals surface area contributed by atoms with Crippen LogP contribution in [0.5, 0.6) is 0 Å². The van der Waals surface area contributed by atoms with Crippen LogP contribution in [-0.2, 0) is 16.0 Å². The summed E-state index contributed by atoms with van der Waals surface area (Å²) in [6.45, 7) is 8.05. The van der Waals surface area contributed by atoms with Crippen molar-refractivity contribution in [3.8, 4) is 0 Å². The van der Waals surface area contributed by atoms with E-state index in [0.717, 1.165) is 5.56 Å². The maximum Gasteiger partial charge on any atom is 0.169 e. The summed E-state index contributed by atoms with van der Waals surface area (Å²) < 4.78 is 24.1. The SMILES string of the molecule is CCOC(CNCc1ccc(C)c(F)c1)OCC. The molecule has 18 heavy (non-hydrogen) atoms. The second kappa shape index (κ2) is 8.19. The van der Waals surface area contributed by atoms with Gasteiger partial charge in [0.25, 0.3) is 0 Å². The maximum absolute atomic E-state index is 13.3. The quantitative estimate of drug-likeness (QED) is 0.724. The van der Waals surface area contributed by atoms with Crippen LogP contribution in [0, 0.1) is 12.7 Å². The highest BCUT2D eigenvalue weighted by Gasteiger charge is 2.07. The van der Waals surface area contributed by atoms with E-state index in [0.29, 0.717) is 31.9 Å². The van der Waals surface area contributed by atoms with E-state index in [9.17, 15) is 4.39 Å². The average molecular weight is 255 g/mol. The van der Waals surface area contributed by atoms with Crippen molar-refractivity contribution in [1.82, 2.24) is 5.32 Å². The lowest BCUT2D eigenvalue weighted by atomic mass is 10.1. The minimum absolute atomic E-state index is 0.166. The molecule has 0 saturated carbocycles. The van der Waals surface area contributed by atoms with Gasteiger partial charge in [0, 0.05) is 26.3 Å². The molecule has 4 heteroatoms. The number of rotatable bonds is 8.